The first-order valence-corrected chi connectivity index (χ1v) is 9.70. The van der Waals surface area contributed by atoms with Crippen LogP contribution in [0.25, 0.3) is 17.0 Å². The van der Waals surface area contributed by atoms with E-state index in [-0.39, 0.29) is 5.56 Å². The van der Waals surface area contributed by atoms with Gasteiger partial charge in [-0.1, -0.05) is 17.8 Å². The van der Waals surface area contributed by atoms with Crippen LogP contribution in [0.15, 0.2) is 58.6 Å². The maximum Gasteiger partial charge on any atom is 0.258 e. The normalized spacial score (nSPS) is 11.1. The zero-order chi connectivity index (χ0) is 19.7. The van der Waals surface area contributed by atoms with Crippen molar-refractivity contribution >= 4 is 17.4 Å². The Morgan fingerprint density at radius 2 is 1.93 bits per heavy atom. The molecule has 0 atom stereocenters. The first kappa shape index (κ1) is 18.2. The van der Waals surface area contributed by atoms with Crippen LogP contribution in [-0.2, 0) is 12.8 Å². The summed E-state index contributed by atoms with van der Waals surface area (Å²) in [5.74, 6) is 2.10. The van der Waals surface area contributed by atoms with Crippen molar-refractivity contribution < 1.29 is 4.74 Å². The summed E-state index contributed by atoms with van der Waals surface area (Å²) in [4.78, 5) is 17.0. The van der Waals surface area contributed by atoms with Crippen LogP contribution in [0.4, 0.5) is 0 Å². The van der Waals surface area contributed by atoms with Gasteiger partial charge in [0.05, 0.1) is 12.8 Å². The van der Waals surface area contributed by atoms with Crippen LogP contribution < -0.4 is 10.3 Å². The van der Waals surface area contributed by atoms with E-state index < -0.39 is 0 Å². The summed E-state index contributed by atoms with van der Waals surface area (Å²) in [5.41, 5.74) is 3.24. The van der Waals surface area contributed by atoms with Crippen molar-refractivity contribution in [3.05, 3.63) is 70.3 Å². The molecule has 0 fully saturated rings. The zero-order valence-electron chi connectivity index (χ0n) is 15.8. The van der Waals surface area contributed by atoms with Crippen molar-refractivity contribution in [2.24, 2.45) is 7.05 Å². The number of aryl methyl sites for hydroxylation is 1. The molecule has 0 saturated heterocycles. The molecule has 0 unspecified atom stereocenters. The number of nitrogens with zero attached hydrogens (tertiary/aromatic N) is 5. The molecule has 0 aliphatic heterocycles. The van der Waals surface area contributed by atoms with Crippen molar-refractivity contribution in [1.29, 1.82) is 0 Å². The first-order valence-electron chi connectivity index (χ1n) is 8.71. The van der Waals surface area contributed by atoms with E-state index >= 15 is 0 Å². The van der Waals surface area contributed by atoms with Crippen LogP contribution >= 0.6 is 11.8 Å². The van der Waals surface area contributed by atoms with E-state index in [4.69, 9.17) is 4.74 Å². The van der Waals surface area contributed by atoms with E-state index in [1.165, 1.54) is 11.8 Å². The number of pyridine rings is 1. The number of rotatable bonds is 5. The van der Waals surface area contributed by atoms with Crippen molar-refractivity contribution in [1.82, 2.24) is 24.1 Å². The fourth-order valence-corrected chi connectivity index (χ4v) is 3.76. The summed E-state index contributed by atoms with van der Waals surface area (Å²) in [6.07, 6.45) is 1.73. The molecular weight excluding hydrogens is 374 g/mol. The molecule has 0 radical (unpaired) electrons. The van der Waals surface area contributed by atoms with Gasteiger partial charge in [-0.2, -0.15) is 0 Å². The molecule has 28 heavy (non-hydrogen) atoms. The second-order valence-electron chi connectivity index (χ2n) is 6.35. The molecule has 142 valence electrons. The van der Waals surface area contributed by atoms with Gasteiger partial charge < -0.3 is 9.30 Å². The first-order chi connectivity index (χ1) is 13.6. The minimum atomic E-state index is -0.0822. The van der Waals surface area contributed by atoms with E-state index in [1.54, 1.807) is 23.8 Å². The van der Waals surface area contributed by atoms with Gasteiger partial charge in [0.25, 0.3) is 5.56 Å². The van der Waals surface area contributed by atoms with E-state index in [0.717, 1.165) is 33.6 Å². The Morgan fingerprint density at radius 1 is 1.14 bits per heavy atom. The molecule has 3 aromatic heterocycles. The average Bonchev–Trinajstić information content (AvgIpc) is 3.08. The van der Waals surface area contributed by atoms with Crippen LogP contribution in [0, 0.1) is 6.92 Å². The Labute approximate surface area is 166 Å². The van der Waals surface area contributed by atoms with Gasteiger partial charge >= 0.3 is 0 Å². The molecule has 0 saturated carbocycles. The average molecular weight is 393 g/mol. The van der Waals surface area contributed by atoms with E-state index in [1.807, 2.05) is 54.9 Å². The fourth-order valence-electron chi connectivity index (χ4n) is 2.95. The summed E-state index contributed by atoms with van der Waals surface area (Å²) in [7, 11) is 3.56. The predicted molar refractivity (Wildman–Crippen MR) is 109 cm³/mol. The third-order valence-electron chi connectivity index (χ3n) is 4.47. The van der Waals surface area contributed by atoms with Gasteiger partial charge in [0.1, 0.15) is 11.4 Å². The number of hydrogen-bond donors (Lipinski definition) is 0. The lowest BCUT2D eigenvalue weighted by Gasteiger charge is -2.07. The van der Waals surface area contributed by atoms with Gasteiger partial charge in [-0.05, 0) is 42.8 Å². The second-order valence-corrected chi connectivity index (χ2v) is 7.30. The Morgan fingerprint density at radius 3 is 2.68 bits per heavy atom. The SMILES string of the molecule is COc1ccc(-c2nnc(SCc3cc(=O)n4cccc(C)c4n3)n2C)cc1. The Bertz CT molecular complexity index is 1200. The minimum Gasteiger partial charge on any atom is -0.497 e. The summed E-state index contributed by atoms with van der Waals surface area (Å²) in [6, 6.07) is 13.1. The lowest BCUT2D eigenvalue weighted by Crippen LogP contribution is -2.15. The van der Waals surface area contributed by atoms with E-state index in [0.29, 0.717) is 11.4 Å². The summed E-state index contributed by atoms with van der Waals surface area (Å²) in [6.45, 7) is 1.95. The zero-order valence-corrected chi connectivity index (χ0v) is 16.6. The van der Waals surface area contributed by atoms with Crippen LogP contribution in [0.5, 0.6) is 5.75 Å². The van der Waals surface area contributed by atoms with Crippen molar-refractivity contribution in [3.8, 4) is 17.1 Å². The molecule has 0 aliphatic carbocycles. The molecule has 3 heterocycles. The Kier molecular flexibility index (Phi) is 4.87. The molecule has 4 rings (SSSR count). The van der Waals surface area contributed by atoms with Gasteiger partial charge in [0.2, 0.25) is 0 Å². The lowest BCUT2D eigenvalue weighted by molar-refractivity contribution is 0.415. The third-order valence-corrected chi connectivity index (χ3v) is 5.53. The molecule has 8 heteroatoms. The second kappa shape index (κ2) is 7.47. The number of fused-ring (bicyclic) bond motifs is 1. The lowest BCUT2D eigenvalue weighted by atomic mass is 10.2. The number of hydrogen-bond acceptors (Lipinski definition) is 6. The van der Waals surface area contributed by atoms with Crippen LogP contribution in [0.2, 0.25) is 0 Å². The standard InChI is InChI=1S/C20H19N5O2S/c1-13-5-4-10-25-17(26)11-15(21-18(13)25)12-28-20-23-22-19(24(20)2)14-6-8-16(27-3)9-7-14/h4-11H,12H2,1-3H3. The van der Waals surface area contributed by atoms with Gasteiger partial charge in [0.15, 0.2) is 11.0 Å². The predicted octanol–water partition coefficient (Wildman–Crippen LogP) is 3.10. The number of ether oxygens (including phenoxy) is 1. The Balaban J connectivity index is 1.57. The monoisotopic (exact) mass is 393 g/mol. The molecular formula is C20H19N5O2S. The number of methoxy groups -OCH3 is 1. The maximum atomic E-state index is 12.3. The van der Waals surface area contributed by atoms with Crippen LogP contribution in [-0.4, -0.2) is 31.3 Å². The summed E-state index contributed by atoms with van der Waals surface area (Å²) < 4.78 is 8.69. The van der Waals surface area contributed by atoms with Gasteiger partial charge in [-0.15, -0.1) is 10.2 Å². The molecule has 1 aromatic carbocycles. The molecule has 0 N–H and O–H groups in total. The highest BCUT2D eigenvalue weighted by Crippen LogP contribution is 2.26. The number of thioether (sulfide) groups is 1. The summed E-state index contributed by atoms with van der Waals surface area (Å²) >= 11 is 1.50. The molecule has 0 bridgehead atoms. The largest absolute Gasteiger partial charge is 0.497 e. The van der Waals surface area contributed by atoms with E-state index in [2.05, 4.69) is 15.2 Å². The van der Waals surface area contributed by atoms with Crippen molar-refractivity contribution in [3.63, 3.8) is 0 Å². The third kappa shape index (κ3) is 3.38. The van der Waals surface area contributed by atoms with Crippen molar-refractivity contribution in [2.75, 3.05) is 7.11 Å². The van der Waals surface area contributed by atoms with Crippen LogP contribution in [0.3, 0.4) is 0 Å². The van der Waals surface area contributed by atoms with Gasteiger partial charge in [-0.25, -0.2) is 4.98 Å². The number of aromatic nitrogens is 5. The quantitative estimate of drug-likeness (QED) is 0.485. The highest BCUT2D eigenvalue weighted by atomic mass is 32.2. The molecule has 0 aliphatic rings. The van der Waals surface area contributed by atoms with Gasteiger partial charge in [-0.3, -0.25) is 9.20 Å². The fraction of sp³-hybridized carbons (Fsp3) is 0.200. The van der Waals surface area contributed by atoms with Crippen LogP contribution in [0.1, 0.15) is 11.3 Å². The highest BCUT2D eigenvalue weighted by Gasteiger charge is 2.13. The minimum absolute atomic E-state index is 0.0822. The van der Waals surface area contributed by atoms with E-state index in [9.17, 15) is 4.79 Å². The maximum absolute atomic E-state index is 12.3. The molecule has 0 amide bonds. The van der Waals surface area contributed by atoms with Crippen molar-refractivity contribution in [2.45, 2.75) is 17.8 Å². The number of benzene rings is 1. The smallest absolute Gasteiger partial charge is 0.258 e. The molecule has 7 nitrogen and oxygen atoms in total. The Hall–Kier alpha value is -3.13. The summed E-state index contributed by atoms with van der Waals surface area (Å²) in [5, 5.41) is 9.35. The van der Waals surface area contributed by atoms with Gasteiger partial charge in [0, 0.05) is 30.6 Å². The highest BCUT2D eigenvalue weighted by molar-refractivity contribution is 7.98. The molecule has 4 aromatic rings. The topological polar surface area (TPSA) is 74.3 Å². The molecule has 0 spiro atoms.